The van der Waals surface area contributed by atoms with Crippen LogP contribution in [0.5, 0.6) is 0 Å². The Kier molecular flexibility index (Phi) is 2.49. The Balaban J connectivity index is 1.94. The third-order valence-corrected chi connectivity index (χ3v) is 2.62. The predicted molar refractivity (Wildman–Crippen MR) is 55.4 cm³/mol. The van der Waals surface area contributed by atoms with E-state index in [1.165, 1.54) is 0 Å². The molecule has 2 heterocycles. The van der Waals surface area contributed by atoms with Crippen LogP contribution in [0.1, 0.15) is 17.3 Å². The molecule has 0 spiro atoms. The van der Waals surface area contributed by atoms with E-state index in [1.807, 2.05) is 19.2 Å². The van der Waals surface area contributed by atoms with Crippen LogP contribution in [0.4, 0.5) is 5.13 Å². The summed E-state index contributed by atoms with van der Waals surface area (Å²) in [7, 11) is 0. The first kappa shape index (κ1) is 9.21. The lowest BCUT2D eigenvalue weighted by atomic mass is 10.5. The molecule has 0 fully saturated rings. The SMILES string of the molecule is Cc1csc(NCc2cnc(C)o2)n1. The summed E-state index contributed by atoms with van der Waals surface area (Å²) in [6, 6.07) is 0. The van der Waals surface area contributed by atoms with E-state index in [0.29, 0.717) is 12.4 Å². The van der Waals surface area contributed by atoms with Crippen LogP contribution in [0.2, 0.25) is 0 Å². The van der Waals surface area contributed by atoms with Crippen molar-refractivity contribution in [1.29, 1.82) is 0 Å². The molecule has 0 aliphatic rings. The number of anilines is 1. The van der Waals surface area contributed by atoms with Crippen LogP contribution in [0, 0.1) is 13.8 Å². The minimum absolute atomic E-state index is 0.633. The summed E-state index contributed by atoms with van der Waals surface area (Å²) >= 11 is 1.59. The van der Waals surface area contributed by atoms with Gasteiger partial charge in [-0.15, -0.1) is 11.3 Å². The molecule has 74 valence electrons. The topological polar surface area (TPSA) is 51.0 Å². The summed E-state index contributed by atoms with van der Waals surface area (Å²) < 4.78 is 5.32. The maximum absolute atomic E-state index is 5.32. The molecular formula is C9H11N3OS. The Morgan fingerprint density at radius 3 is 2.93 bits per heavy atom. The van der Waals surface area contributed by atoms with Crippen molar-refractivity contribution >= 4 is 16.5 Å². The standard InChI is InChI=1S/C9H11N3OS/c1-6-5-14-9(12-6)11-4-8-3-10-7(2)13-8/h3,5H,4H2,1-2H3,(H,11,12). The molecule has 2 aromatic heterocycles. The molecule has 2 aromatic rings. The number of aromatic nitrogens is 2. The zero-order valence-corrected chi connectivity index (χ0v) is 8.89. The van der Waals surface area contributed by atoms with Gasteiger partial charge in [0.25, 0.3) is 0 Å². The Labute approximate surface area is 86.0 Å². The van der Waals surface area contributed by atoms with Crippen molar-refractivity contribution in [1.82, 2.24) is 9.97 Å². The van der Waals surface area contributed by atoms with Crippen molar-refractivity contribution in [3.05, 3.63) is 28.9 Å². The predicted octanol–water partition coefficient (Wildman–Crippen LogP) is 2.36. The highest BCUT2D eigenvalue weighted by atomic mass is 32.1. The van der Waals surface area contributed by atoms with Gasteiger partial charge in [0.05, 0.1) is 18.4 Å². The molecule has 2 rings (SSSR count). The van der Waals surface area contributed by atoms with Crippen LogP contribution in [-0.2, 0) is 6.54 Å². The van der Waals surface area contributed by atoms with E-state index >= 15 is 0 Å². The molecule has 0 unspecified atom stereocenters. The lowest BCUT2D eigenvalue weighted by Crippen LogP contribution is -1.97. The molecule has 0 aromatic carbocycles. The van der Waals surface area contributed by atoms with Gasteiger partial charge in [0, 0.05) is 12.3 Å². The maximum atomic E-state index is 5.32. The lowest BCUT2D eigenvalue weighted by molar-refractivity contribution is 0.481. The summed E-state index contributed by atoms with van der Waals surface area (Å²) in [5.41, 5.74) is 1.03. The molecule has 0 radical (unpaired) electrons. The van der Waals surface area contributed by atoms with E-state index in [0.717, 1.165) is 16.6 Å². The Morgan fingerprint density at radius 1 is 1.50 bits per heavy atom. The Bertz CT molecular complexity index is 381. The van der Waals surface area contributed by atoms with E-state index in [9.17, 15) is 0 Å². The third kappa shape index (κ3) is 2.11. The minimum atomic E-state index is 0.633. The normalized spacial score (nSPS) is 10.4. The number of thiazole rings is 1. The fourth-order valence-corrected chi connectivity index (χ4v) is 1.77. The van der Waals surface area contributed by atoms with Crippen molar-refractivity contribution in [2.45, 2.75) is 20.4 Å². The fourth-order valence-electron chi connectivity index (χ4n) is 1.08. The summed E-state index contributed by atoms with van der Waals surface area (Å²) in [5.74, 6) is 1.52. The van der Waals surface area contributed by atoms with Gasteiger partial charge in [-0.2, -0.15) is 0 Å². The minimum Gasteiger partial charge on any atom is -0.444 e. The second-order valence-corrected chi connectivity index (χ2v) is 3.85. The van der Waals surface area contributed by atoms with E-state index in [-0.39, 0.29) is 0 Å². The largest absolute Gasteiger partial charge is 0.444 e. The average molecular weight is 209 g/mol. The summed E-state index contributed by atoms with van der Waals surface area (Å²) in [6.45, 7) is 4.44. The molecule has 0 bridgehead atoms. The molecule has 1 N–H and O–H groups in total. The average Bonchev–Trinajstić information content (AvgIpc) is 2.72. The molecular weight excluding hydrogens is 198 g/mol. The van der Waals surface area contributed by atoms with Gasteiger partial charge in [-0.3, -0.25) is 0 Å². The van der Waals surface area contributed by atoms with Crippen molar-refractivity contribution < 1.29 is 4.42 Å². The zero-order chi connectivity index (χ0) is 9.97. The van der Waals surface area contributed by atoms with Gasteiger partial charge in [-0.1, -0.05) is 0 Å². The number of nitrogens with zero attached hydrogens (tertiary/aromatic N) is 2. The quantitative estimate of drug-likeness (QED) is 0.843. The van der Waals surface area contributed by atoms with Crippen molar-refractivity contribution in [3.63, 3.8) is 0 Å². The Morgan fingerprint density at radius 2 is 2.36 bits per heavy atom. The van der Waals surface area contributed by atoms with E-state index in [1.54, 1.807) is 17.5 Å². The van der Waals surface area contributed by atoms with Crippen LogP contribution in [0.15, 0.2) is 16.0 Å². The summed E-state index contributed by atoms with van der Waals surface area (Å²) in [4.78, 5) is 8.29. The molecule has 5 heteroatoms. The van der Waals surface area contributed by atoms with Gasteiger partial charge in [-0.25, -0.2) is 9.97 Å². The first-order valence-corrected chi connectivity index (χ1v) is 5.19. The molecule has 0 aliphatic heterocycles. The second kappa shape index (κ2) is 3.79. The highest BCUT2D eigenvalue weighted by Gasteiger charge is 2.01. The number of oxazole rings is 1. The molecule has 14 heavy (non-hydrogen) atoms. The van der Waals surface area contributed by atoms with Crippen LogP contribution in [-0.4, -0.2) is 9.97 Å². The van der Waals surface area contributed by atoms with Gasteiger partial charge in [-0.05, 0) is 6.92 Å². The van der Waals surface area contributed by atoms with E-state index in [2.05, 4.69) is 15.3 Å². The first-order valence-electron chi connectivity index (χ1n) is 4.31. The van der Waals surface area contributed by atoms with E-state index < -0.39 is 0 Å². The van der Waals surface area contributed by atoms with Crippen molar-refractivity contribution in [2.75, 3.05) is 5.32 Å². The number of hydrogen-bond acceptors (Lipinski definition) is 5. The molecule has 0 amide bonds. The van der Waals surface area contributed by atoms with Gasteiger partial charge in [0.15, 0.2) is 11.0 Å². The van der Waals surface area contributed by atoms with Gasteiger partial charge in [0.1, 0.15) is 5.76 Å². The first-order chi connectivity index (χ1) is 6.74. The number of hydrogen-bond donors (Lipinski definition) is 1. The summed E-state index contributed by atoms with van der Waals surface area (Å²) in [5, 5.41) is 6.09. The molecule has 4 nitrogen and oxygen atoms in total. The summed E-state index contributed by atoms with van der Waals surface area (Å²) in [6.07, 6.45) is 1.72. The third-order valence-electron chi connectivity index (χ3n) is 1.70. The van der Waals surface area contributed by atoms with Gasteiger partial charge in [0.2, 0.25) is 0 Å². The van der Waals surface area contributed by atoms with Gasteiger partial charge < -0.3 is 9.73 Å². The lowest BCUT2D eigenvalue weighted by Gasteiger charge is -1.97. The smallest absolute Gasteiger partial charge is 0.191 e. The van der Waals surface area contributed by atoms with Gasteiger partial charge >= 0.3 is 0 Å². The molecule has 0 saturated heterocycles. The fraction of sp³-hybridized carbons (Fsp3) is 0.333. The maximum Gasteiger partial charge on any atom is 0.191 e. The monoisotopic (exact) mass is 209 g/mol. The van der Waals surface area contributed by atoms with E-state index in [4.69, 9.17) is 4.42 Å². The van der Waals surface area contributed by atoms with Crippen LogP contribution in [0.25, 0.3) is 0 Å². The van der Waals surface area contributed by atoms with Crippen molar-refractivity contribution in [3.8, 4) is 0 Å². The number of rotatable bonds is 3. The highest BCUT2D eigenvalue weighted by molar-refractivity contribution is 7.13. The van der Waals surface area contributed by atoms with Crippen LogP contribution in [0.3, 0.4) is 0 Å². The molecule has 0 atom stereocenters. The molecule has 0 saturated carbocycles. The second-order valence-electron chi connectivity index (χ2n) is 2.99. The Hall–Kier alpha value is -1.36. The van der Waals surface area contributed by atoms with Crippen LogP contribution < -0.4 is 5.32 Å². The number of aryl methyl sites for hydroxylation is 2. The highest BCUT2D eigenvalue weighted by Crippen LogP contribution is 2.15. The van der Waals surface area contributed by atoms with Crippen molar-refractivity contribution in [2.24, 2.45) is 0 Å². The zero-order valence-electron chi connectivity index (χ0n) is 8.07. The number of nitrogens with one attached hydrogen (secondary N) is 1. The molecule has 0 aliphatic carbocycles. The van der Waals surface area contributed by atoms with Crippen LogP contribution >= 0.6 is 11.3 Å².